The average Bonchev–Trinajstić information content (AvgIpc) is 3.63. The molecule has 1 aliphatic carbocycles. The Hall–Kier alpha value is -3.54. The zero-order valence-corrected chi connectivity index (χ0v) is 20.1. The summed E-state index contributed by atoms with van der Waals surface area (Å²) in [7, 11) is 1.13. The number of ether oxygens (including phenoxy) is 3. The summed E-state index contributed by atoms with van der Waals surface area (Å²) < 4.78 is 64.8. The Morgan fingerprint density at radius 3 is 2.38 bits per heavy atom. The number of rotatable bonds is 10. The number of hydrogen-bond acceptors (Lipinski definition) is 6. The molecule has 2 aromatic carbocycles. The highest BCUT2D eigenvalue weighted by atomic mass is 35.5. The fourth-order valence-electron chi connectivity index (χ4n) is 4.11. The minimum Gasteiger partial charge on any atom is -0.469 e. The van der Waals surface area contributed by atoms with Gasteiger partial charge < -0.3 is 24.4 Å². The molecule has 1 aliphatic heterocycles. The summed E-state index contributed by atoms with van der Waals surface area (Å²) in [6.45, 7) is -6.75. The van der Waals surface area contributed by atoms with E-state index in [9.17, 15) is 31.9 Å². The van der Waals surface area contributed by atoms with Crippen LogP contribution >= 0.6 is 11.6 Å². The lowest BCUT2D eigenvalue weighted by atomic mass is 10.0. The van der Waals surface area contributed by atoms with Crippen molar-refractivity contribution in [1.82, 2.24) is 4.90 Å². The summed E-state index contributed by atoms with van der Waals surface area (Å²) in [6.07, 6.45) is 1.09. The number of benzene rings is 2. The number of esters is 1. The van der Waals surface area contributed by atoms with Gasteiger partial charge in [0.2, 0.25) is 5.91 Å². The highest BCUT2D eigenvalue weighted by Gasteiger charge is 2.39. The molecule has 4 rings (SSSR count). The number of anilines is 1. The molecule has 0 aromatic heterocycles. The number of alkyl halides is 4. The number of halogens is 5. The van der Waals surface area contributed by atoms with E-state index in [1.165, 1.54) is 23.1 Å². The lowest BCUT2D eigenvalue weighted by Gasteiger charge is -2.28. The lowest BCUT2D eigenvalue weighted by Crippen LogP contribution is -2.31. The molecule has 1 saturated carbocycles. The molecule has 198 valence electrons. The topological polar surface area (TPSA) is 94.2 Å². The van der Waals surface area contributed by atoms with Gasteiger partial charge in [-0.25, -0.2) is 0 Å². The molecular weight excluding hydrogens is 524 g/mol. The number of nitrogens with zero attached hydrogens (tertiary/aromatic N) is 1. The Labute approximate surface area is 213 Å². The van der Waals surface area contributed by atoms with Gasteiger partial charge in [-0.1, -0.05) is 17.7 Å². The smallest absolute Gasteiger partial charge is 0.387 e. The van der Waals surface area contributed by atoms with Crippen LogP contribution in [0.3, 0.4) is 0 Å². The second kappa shape index (κ2) is 10.8. The van der Waals surface area contributed by atoms with E-state index >= 15 is 0 Å². The van der Waals surface area contributed by atoms with Gasteiger partial charge in [0.05, 0.1) is 30.8 Å². The number of amides is 2. The van der Waals surface area contributed by atoms with Crippen molar-refractivity contribution >= 4 is 35.1 Å². The first-order valence-electron chi connectivity index (χ1n) is 11.1. The molecule has 0 spiro atoms. The van der Waals surface area contributed by atoms with Crippen LogP contribution in [0.1, 0.15) is 46.8 Å². The average molecular weight is 545 g/mol. The maximum Gasteiger partial charge on any atom is 0.387 e. The van der Waals surface area contributed by atoms with E-state index in [0.717, 1.165) is 32.1 Å². The van der Waals surface area contributed by atoms with Crippen LogP contribution in [0.2, 0.25) is 5.02 Å². The third-order valence-corrected chi connectivity index (χ3v) is 6.37. The fraction of sp³-hybridized carbons (Fsp3) is 0.375. The van der Waals surface area contributed by atoms with E-state index in [1.54, 1.807) is 0 Å². The van der Waals surface area contributed by atoms with Crippen LogP contribution in [0.4, 0.5) is 23.2 Å². The summed E-state index contributed by atoms with van der Waals surface area (Å²) >= 11 is 6.34. The maximum atomic E-state index is 13.6. The van der Waals surface area contributed by atoms with Crippen LogP contribution in [0.15, 0.2) is 30.3 Å². The third kappa shape index (κ3) is 5.90. The van der Waals surface area contributed by atoms with E-state index in [1.807, 2.05) is 0 Å². The van der Waals surface area contributed by atoms with E-state index < -0.39 is 49.1 Å². The number of carbonyl (C=O) groups is 3. The van der Waals surface area contributed by atoms with E-state index in [0.29, 0.717) is 5.56 Å². The second-order valence-corrected chi connectivity index (χ2v) is 8.81. The SMILES string of the molecule is COC(=O)CC(c1ccc(OC(F)F)c(OC(F)F)c1)N1Cc2c(Cl)ccc(NC(=O)C3CC3)c2C1=O. The minimum absolute atomic E-state index is 0.0812. The van der Waals surface area contributed by atoms with E-state index in [4.69, 9.17) is 16.3 Å². The van der Waals surface area contributed by atoms with Crippen LogP contribution in [-0.4, -0.2) is 43.0 Å². The van der Waals surface area contributed by atoms with Crippen molar-refractivity contribution in [2.75, 3.05) is 12.4 Å². The molecule has 1 N–H and O–H groups in total. The Bertz CT molecular complexity index is 1220. The molecular formula is C24H21ClF4N2O6. The third-order valence-electron chi connectivity index (χ3n) is 6.01. The molecule has 13 heteroatoms. The normalized spacial score (nSPS) is 15.6. The lowest BCUT2D eigenvalue weighted by molar-refractivity contribution is -0.141. The summed E-state index contributed by atoms with van der Waals surface area (Å²) in [5, 5.41) is 2.99. The van der Waals surface area contributed by atoms with Gasteiger partial charge in [0, 0.05) is 23.0 Å². The van der Waals surface area contributed by atoms with Gasteiger partial charge in [-0.05, 0) is 42.7 Å². The predicted molar refractivity (Wildman–Crippen MR) is 122 cm³/mol. The number of carbonyl (C=O) groups excluding carboxylic acids is 3. The molecule has 0 bridgehead atoms. The van der Waals surface area contributed by atoms with Crippen LogP contribution < -0.4 is 14.8 Å². The van der Waals surface area contributed by atoms with E-state index in [-0.39, 0.29) is 40.2 Å². The van der Waals surface area contributed by atoms with Gasteiger partial charge in [-0.15, -0.1) is 0 Å². The molecule has 8 nitrogen and oxygen atoms in total. The Morgan fingerprint density at radius 1 is 1.08 bits per heavy atom. The van der Waals surface area contributed by atoms with Crippen LogP contribution in [0.25, 0.3) is 0 Å². The number of fused-ring (bicyclic) bond motifs is 1. The molecule has 1 unspecified atom stereocenters. The van der Waals surface area contributed by atoms with Crippen molar-refractivity contribution in [1.29, 1.82) is 0 Å². The van der Waals surface area contributed by atoms with Crippen molar-refractivity contribution in [3.63, 3.8) is 0 Å². The highest BCUT2D eigenvalue weighted by molar-refractivity contribution is 6.32. The monoisotopic (exact) mass is 544 g/mol. The minimum atomic E-state index is -3.36. The van der Waals surface area contributed by atoms with Crippen LogP contribution in [-0.2, 0) is 20.9 Å². The molecule has 1 fully saturated rings. The number of nitrogens with one attached hydrogen (secondary N) is 1. The molecule has 2 amide bonds. The first-order chi connectivity index (χ1) is 17.6. The van der Waals surface area contributed by atoms with Crippen LogP contribution in [0, 0.1) is 5.92 Å². The molecule has 37 heavy (non-hydrogen) atoms. The fourth-order valence-corrected chi connectivity index (χ4v) is 4.32. The zero-order valence-electron chi connectivity index (χ0n) is 19.3. The largest absolute Gasteiger partial charge is 0.469 e. The van der Waals surface area contributed by atoms with Gasteiger partial charge in [0.15, 0.2) is 11.5 Å². The van der Waals surface area contributed by atoms with Gasteiger partial charge in [0.25, 0.3) is 5.91 Å². The summed E-state index contributed by atoms with van der Waals surface area (Å²) in [5.74, 6) is -3.03. The van der Waals surface area contributed by atoms with Crippen molar-refractivity contribution in [3.05, 3.63) is 52.0 Å². The highest BCUT2D eigenvalue weighted by Crippen LogP contribution is 2.42. The van der Waals surface area contributed by atoms with Crippen molar-refractivity contribution in [3.8, 4) is 11.5 Å². The first-order valence-corrected chi connectivity index (χ1v) is 11.5. The van der Waals surface area contributed by atoms with E-state index in [2.05, 4.69) is 14.8 Å². The molecule has 1 heterocycles. The zero-order chi connectivity index (χ0) is 26.9. The second-order valence-electron chi connectivity index (χ2n) is 8.40. The molecule has 2 aromatic rings. The van der Waals surface area contributed by atoms with Crippen molar-refractivity contribution in [2.24, 2.45) is 5.92 Å². The van der Waals surface area contributed by atoms with Crippen LogP contribution in [0.5, 0.6) is 11.5 Å². The molecule has 2 aliphatic rings. The van der Waals surface area contributed by atoms with Gasteiger partial charge in [-0.3, -0.25) is 14.4 Å². The maximum absolute atomic E-state index is 13.6. The number of hydrogen-bond donors (Lipinski definition) is 1. The molecule has 0 radical (unpaired) electrons. The summed E-state index contributed by atoms with van der Waals surface area (Å²) in [6, 6.07) is 5.16. The molecule has 1 atom stereocenters. The number of methoxy groups -OCH3 is 1. The summed E-state index contributed by atoms with van der Waals surface area (Å²) in [5.41, 5.74) is 0.904. The standard InChI is InChI=1S/C24H21ClF4N2O6/c1-35-19(32)9-16(12-4-7-17(36-23(26)27)18(8-12)37-24(28)29)31-10-13-14(25)5-6-15(20(13)22(31)34)30-21(33)11-2-3-11/h4-8,11,16,23-24H,2-3,9-10H2,1H3,(H,30,33). The van der Waals surface area contributed by atoms with Gasteiger partial charge in [-0.2, -0.15) is 17.6 Å². The molecule has 0 saturated heterocycles. The Balaban J connectivity index is 1.72. The summed E-state index contributed by atoms with van der Waals surface area (Å²) in [4.78, 5) is 39.4. The predicted octanol–water partition coefficient (Wildman–Crippen LogP) is 5.15. The Morgan fingerprint density at radius 2 is 1.76 bits per heavy atom. The van der Waals surface area contributed by atoms with Crippen molar-refractivity contribution in [2.45, 2.75) is 45.1 Å². The first kappa shape index (κ1) is 26.5. The van der Waals surface area contributed by atoms with Gasteiger partial charge in [0.1, 0.15) is 0 Å². The quantitative estimate of drug-likeness (QED) is 0.328. The van der Waals surface area contributed by atoms with Gasteiger partial charge >= 0.3 is 19.2 Å². The Kier molecular flexibility index (Phi) is 7.76. The van der Waals surface area contributed by atoms with Crippen molar-refractivity contribution < 1.29 is 46.2 Å².